The standard InChI is InChI=1S/C97H65F2NO3/c1-3-62-29-48-73(49-30-62)101-75-52-38-67(39-53-75)95(65-34-42-69(98)43-35-65)84-22-10-5-20-80(84)82-56-46-71(60-89(82)95)100(92-27-15-9-17-77(92)64-33-58-94-91(59-64)97(88-26-14-16-28-93(88)103-94)86-24-12-7-18-78(86)79-19-8-13-25-87(79)97)72-47-57-83-81-21-6-11-23-85(81)96(90(83)61-72,66-36-44-70(99)45-37-66)68-40-54-76(55-41-68)102-74-50-31-63(4-2)32-51-74/h3-36,38-61,66H,1-2,37H2. The van der Waals surface area contributed by atoms with Crippen LogP contribution >= 0.6 is 0 Å². The second-order valence-electron chi connectivity index (χ2n) is 27.2. The van der Waals surface area contributed by atoms with Gasteiger partial charge in [0.1, 0.15) is 46.1 Å². The molecule has 6 heteroatoms. The van der Waals surface area contributed by atoms with Gasteiger partial charge in [0.25, 0.3) is 0 Å². The van der Waals surface area contributed by atoms with E-state index in [2.05, 4.69) is 261 Å². The lowest BCUT2D eigenvalue weighted by Crippen LogP contribution is -2.35. The molecule has 0 saturated heterocycles. The maximum absolute atomic E-state index is 15.7. The van der Waals surface area contributed by atoms with Gasteiger partial charge in [-0.05, 0) is 234 Å². The fraction of sp³-hybridized carbons (Fsp3) is 0.0515. The molecule has 0 N–H and O–H groups in total. The zero-order chi connectivity index (χ0) is 69.0. The molecule has 19 rings (SSSR count). The van der Waals surface area contributed by atoms with Gasteiger partial charge >= 0.3 is 0 Å². The zero-order valence-corrected chi connectivity index (χ0v) is 56.1. The first-order valence-corrected chi connectivity index (χ1v) is 35.1. The molecule has 14 aromatic rings. The minimum atomic E-state index is -0.961. The first-order valence-electron chi connectivity index (χ1n) is 35.1. The molecular formula is C97H65F2NO3. The lowest BCUT2D eigenvalue weighted by atomic mass is 9.62. The van der Waals surface area contributed by atoms with Gasteiger partial charge in [0.05, 0.1) is 21.9 Å². The van der Waals surface area contributed by atoms with Gasteiger partial charge in [-0.25, -0.2) is 8.78 Å². The molecule has 490 valence electrons. The number of allylic oxidation sites excluding steroid dienone is 4. The molecule has 1 aliphatic heterocycles. The molecule has 5 aliphatic rings. The highest BCUT2D eigenvalue weighted by Crippen LogP contribution is 2.65. The number of fused-ring (bicyclic) bond motifs is 15. The Balaban J connectivity index is 0.848. The normalized spacial score (nSPS) is 17.0. The number of halogens is 2. The summed E-state index contributed by atoms with van der Waals surface area (Å²) in [5, 5.41) is 0. The van der Waals surface area contributed by atoms with Crippen LogP contribution in [0.5, 0.6) is 34.5 Å². The van der Waals surface area contributed by atoms with Crippen LogP contribution in [0.2, 0.25) is 0 Å². The van der Waals surface area contributed by atoms with E-state index in [9.17, 15) is 0 Å². The molecule has 0 aromatic heterocycles. The number of nitrogens with zero attached hydrogens (tertiary/aromatic N) is 1. The molecule has 1 spiro atoms. The Kier molecular flexibility index (Phi) is 14.4. The van der Waals surface area contributed by atoms with Crippen LogP contribution in [0.15, 0.2) is 359 Å². The summed E-state index contributed by atoms with van der Waals surface area (Å²) >= 11 is 0. The first-order chi connectivity index (χ1) is 50.7. The number of anilines is 3. The first kappa shape index (κ1) is 61.2. The smallest absolute Gasteiger partial charge is 0.132 e. The van der Waals surface area contributed by atoms with Crippen LogP contribution in [-0.2, 0) is 16.2 Å². The molecule has 3 atom stereocenters. The second kappa shape index (κ2) is 24.2. The van der Waals surface area contributed by atoms with E-state index < -0.39 is 16.2 Å². The molecule has 0 fully saturated rings. The van der Waals surface area contributed by atoms with E-state index in [1.165, 1.54) is 22.3 Å². The van der Waals surface area contributed by atoms with Crippen molar-refractivity contribution in [2.24, 2.45) is 5.92 Å². The maximum atomic E-state index is 15.7. The van der Waals surface area contributed by atoms with Crippen molar-refractivity contribution in [3.63, 3.8) is 0 Å². The minimum absolute atomic E-state index is 0.214. The molecule has 4 aliphatic carbocycles. The van der Waals surface area contributed by atoms with Crippen LogP contribution in [0.1, 0.15) is 78.7 Å². The quantitative estimate of drug-likeness (QED) is 0.109. The largest absolute Gasteiger partial charge is 0.457 e. The topological polar surface area (TPSA) is 30.9 Å². The summed E-state index contributed by atoms with van der Waals surface area (Å²) in [7, 11) is 0. The summed E-state index contributed by atoms with van der Waals surface area (Å²) in [5.41, 5.74) is 22.8. The van der Waals surface area contributed by atoms with Crippen molar-refractivity contribution in [1.29, 1.82) is 0 Å². The monoisotopic (exact) mass is 1330 g/mol. The minimum Gasteiger partial charge on any atom is -0.457 e. The predicted octanol–water partition coefficient (Wildman–Crippen LogP) is 25.4. The van der Waals surface area contributed by atoms with E-state index in [1.807, 2.05) is 84.9 Å². The van der Waals surface area contributed by atoms with E-state index in [0.29, 0.717) is 29.4 Å². The Hall–Kier alpha value is -12.9. The van der Waals surface area contributed by atoms with Crippen molar-refractivity contribution in [3.05, 3.63) is 437 Å². The molecule has 0 radical (unpaired) electrons. The number of hydrogen-bond acceptors (Lipinski definition) is 4. The highest BCUT2D eigenvalue weighted by molar-refractivity contribution is 5.96. The highest BCUT2D eigenvalue weighted by atomic mass is 19.1. The number of benzene rings is 14. The molecule has 1 heterocycles. The second-order valence-corrected chi connectivity index (χ2v) is 27.2. The summed E-state index contributed by atoms with van der Waals surface area (Å²) in [5.74, 6) is 3.63. The van der Waals surface area contributed by atoms with Gasteiger partial charge in [0, 0.05) is 28.1 Å². The van der Waals surface area contributed by atoms with Crippen molar-refractivity contribution in [1.82, 2.24) is 0 Å². The third-order valence-electron chi connectivity index (χ3n) is 22.1. The number of para-hydroxylation sites is 2. The fourth-order valence-corrected chi connectivity index (χ4v) is 17.7. The van der Waals surface area contributed by atoms with Crippen LogP contribution in [0.25, 0.3) is 56.7 Å². The lowest BCUT2D eigenvalue weighted by molar-refractivity contribution is 0.436. The van der Waals surface area contributed by atoms with Gasteiger partial charge in [-0.3, -0.25) is 0 Å². The molecule has 0 amide bonds. The van der Waals surface area contributed by atoms with Gasteiger partial charge in [0.15, 0.2) is 0 Å². The maximum Gasteiger partial charge on any atom is 0.132 e. The van der Waals surface area contributed by atoms with E-state index in [1.54, 1.807) is 24.3 Å². The Morgan fingerprint density at radius 2 is 0.806 bits per heavy atom. The summed E-state index contributed by atoms with van der Waals surface area (Å²) in [6.45, 7) is 7.89. The summed E-state index contributed by atoms with van der Waals surface area (Å²) in [6, 6.07) is 113. The van der Waals surface area contributed by atoms with Gasteiger partial charge < -0.3 is 19.1 Å². The van der Waals surface area contributed by atoms with E-state index in [4.69, 9.17) is 14.2 Å². The number of ether oxygens (including phenoxy) is 3. The third-order valence-corrected chi connectivity index (χ3v) is 22.1. The van der Waals surface area contributed by atoms with Crippen LogP contribution in [0.3, 0.4) is 0 Å². The average Bonchev–Trinajstić information content (AvgIpc) is 1.57. The highest BCUT2D eigenvalue weighted by Gasteiger charge is 2.53. The van der Waals surface area contributed by atoms with Crippen LogP contribution in [-0.4, -0.2) is 0 Å². The van der Waals surface area contributed by atoms with E-state index in [-0.39, 0.29) is 17.6 Å². The molecular weight excluding hydrogens is 1270 g/mol. The Labute approximate surface area is 598 Å². The van der Waals surface area contributed by atoms with Crippen molar-refractivity contribution >= 4 is 29.2 Å². The van der Waals surface area contributed by atoms with E-state index in [0.717, 1.165) is 123 Å². The third kappa shape index (κ3) is 9.40. The molecule has 0 saturated carbocycles. The molecule has 4 nitrogen and oxygen atoms in total. The zero-order valence-electron chi connectivity index (χ0n) is 56.1. The van der Waals surface area contributed by atoms with Crippen molar-refractivity contribution in [2.75, 3.05) is 4.90 Å². The van der Waals surface area contributed by atoms with Crippen LogP contribution < -0.4 is 19.1 Å². The van der Waals surface area contributed by atoms with Crippen LogP contribution in [0, 0.1) is 11.7 Å². The fourth-order valence-electron chi connectivity index (χ4n) is 17.7. The number of hydrogen-bond donors (Lipinski definition) is 0. The molecule has 103 heavy (non-hydrogen) atoms. The summed E-state index contributed by atoms with van der Waals surface area (Å²) in [4.78, 5) is 2.43. The van der Waals surface area contributed by atoms with Crippen molar-refractivity contribution < 1.29 is 23.0 Å². The Morgan fingerprint density at radius 1 is 0.369 bits per heavy atom. The van der Waals surface area contributed by atoms with E-state index >= 15 is 8.78 Å². The average molecular weight is 1330 g/mol. The number of rotatable bonds is 14. The van der Waals surface area contributed by atoms with Gasteiger partial charge in [0.2, 0.25) is 0 Å². The van der Waals surface area contributed by atoms with Crippen LogP contribution in [0.4, 0.5) is 25.8 Å². The Morgan fingerprint density at radius 3 is 1.36 bits per heavy atom. The Bertz CT molecular complexity index is 5790. The molecule has 14 aromatic carbocycles. The lowest BCUT2D eigenvalue weighted by Gasteiger charge is -2.40. The van der Waals surface area contributed by atoms with Crippen molar-refractivity contribution in [3.8, 4) is 79.0 Å². The SMILES string of the molecule is C=Cc1ccc(Oc2ccc(C3(c4ccc(F)cc4)c4ccccc4-c4ccc(N(c5ccc6c(c5)C(c5ccc(Oc7ccc(C=C)cc7)cc5)(C5C=CC(F)=CC5)c5ccccc5-6)c5ccccc5-c5ccc6c(c5)C5(c7ccccc7O6)c6ccccc6-c6ccccc65)cc43)cc2)cc1. The van der Waals surface area contributed by atoms with Gasteiger partial charge in [-0.2, -0.15) is 0 Å². The van der Waals surface area contributed by atoms with Gasteiger partial charge in [-0.15, -0.1) is 0 Å². The summed E-state index contributed by atoms with van der Waals surface area (Å²) in [6.07, 6.45) is 9.54. The molecule has 0 bridgehead atoms. The van der Waals surface area contributed by atoms with Gasteiger partial charge in [-0.1, -0.05) is 244 Å². The molecule has 3 unspecified atom stereocenters. The van der Waals surface area contributed by atoms with Crippen molar-refractivity contribution in [2.45, 2.75) is 22.7 Å². The predicted molar refractivity (Wildman–Crippen MR) is 413 cm³/mol. The summed E-state index contributed by atoms with van der Waals surface area (Å²) < 4.78 is 51.4.